The normalized spacial score (nSPS) is 24.0. The van der Waals surface area contributed by atoms with Gasteiger partial charge in [-0.3, -0.25) is 4.90 Å². The molecule has 0 bridgehead atoms. The van der Waals surface area contributed by atoms with Crippen molar-refractivity contribution in [3.8, 4) is 0 Å². The predicted molar refractivity (Wildman–Crippen MR) is 83.7 cm³/mol. The Bertz CT molecular complexity index is 402. The molecule has 1 aliphatic heterocycles. The number of hydrogen-bond acceptors (Lipinski definition) is 4. The SMILES string of the molecule is CCC(N)C(c1sccc1C)N1CCC(N(C)C)C1. The Balaban J connectivity index is 2.18. The lowest BCUT2D eigenvalue weighted by Gasteiger charge is -2.32. The van der Waals surface area contributed by atoms with E-state index in [9.17, 15) is 0 Å². The fourth-order valence-electron chi connectivity index (χ4n) is 2.98. The molecular weight excluding hydrogens is 254 g/mol. The standard InChI is InChI=1S/C15H27N3S/c1-5-13(16)14(15-11(2)7-9-19-15)18-8-6-12(10-18)17(3)4/h7,9,12-14H,5-6,8,10,16H2,1-4H3. The van der Waals surface area contributed by atoms with E-state index in [1.807, 2.05) is 11.3 Å². The highest BCUT2D eigenvalue weighted by atomic mass is 32.1. The molecule has 0 amide bonds. The maximum absolute atomic E-state index is 6.43. The van der Waals surface area contributed by atoms with Gasteiger partial charge in [-0.15, -0.1) is 11.3 Å². The van der Waals surface area contributed by atoms with Gasteiger partial charge in [0.05, 0.1) is 6.04 Å². The summed E-state index contributed by atoms with van der Waals surface area (Å²) in [5.74, 6) is 0. The molecule has 1 aromatic rings. The minimum atomic E-state index is 0.235. The molecule has 108 valence electrons. The third-order valence-corrected chi connectivity index (χ3v) is 5.46. The zero-order valence-electron chi connectivity index (χ0n) is 12.6. The van der Waals surface area contributed by atoms with Crippen molar-refractivity contribution in [2.45, 2.75) is 44.8 Å². The molecule has 3 nitrogen and oxygen atoms in total. The molecule has 19 heavy (non-hydrogen) atoms. The first-order valence-electron chi connectivity index (χ1n) is 7.24. The van der Waals surface area contributed by atoms with Crippen LogP contribution in [0, 0.1) is 6.92 Å². The second kappa shape index (κ2) is 6.35. The maximum atomic E-state index is 6.43. The van der Waals surface area contributed by atoms with Gasteiger partial charge in [0, 0.05) is 30.1 Å². The van der Waals surface area contributed by atoms with Gasteiger partial charge < -0.3 is 10.6 Å². The number of rotatable bonds is 5. The summed E-state index contributed by atoms with van der Waals surface area (Å²) < 4.78 is 0. The molecule has 2 N–H and O–H groups in total. The molecule has 0 spiro atoms. The van der Waals surface area contributed by atoms with Gasteiger partial charge in [-0.2, -0.15) is 0 Å². The lowest BCUT2D eigenvalue weighted by Crippen LogP contribution is -2.41. The molecule has 3 unspecified atom stereocenters. The largest absolute Gasteiger partial charge is 0.326 e. The summed E-state index contributed by atoms with van der Waals surface area (Å²) in [5, 5.41) is 2.19. The summed E-state index contributed by atoms with van der Waals surface area (Å²) in [5.41, 5.74) is 7.83. The van der Waals surface area contributed by atoms with Crippen molar-refractivity contribution in [2.75, 3.05) is 27.2 Å². The second-order valence-corrected chi connectivity index (χ2v) is 6.83. The van der Waals surface area contributed by atoms with Gasteiger partial charge in [0.2, 0.25) is 0 Å². The summed E-state index contributed by atoms with van der Waals surface area (Å²) in [4.78, 5) is 6.40. The van der Waals surface area contributed by atoms with Crippen LogP contribution < -0.4 is 5.73 Å². The van der Waals surface area contributed by atoms with E-state index in [4.69, 9.17) is 5.73 Å². The minimum Gasteiger partial charge on any atom is -0.326 e. The first-order chi connectivity index (χ1) is 9.04. The van der Waals surface area contributed by atoms with Crippen LogP contribution in [0.1, 0.15) is 36.2 Å². The third-order valence-electron chi connectivity index (χ3n) is 4.37. The van der Waals surface area contributed by atoms with Crippen LogP contribution in [0.25, 0.3) is 0 Å². The second-order valence-electron chi connectivity index (χ2n) is 5.89. The number of nitrogens with two attached hydrogens (primary N) is 1. The van der Waals surface area contributed by atoms with Gasteiger partial charge in [0.1, 0.15) is 0 Å². The quantitative estimate of drug-likeness (QED) is 0.900. The summed E-state index contributed by atoms with van der Waals surface area (Å²) in [6.07, 6.45) is 2.29. The van der Waals surface area contributed by atoms with Crippen LogP contribution in [-0.2, 0) is 0 Å². The number of likely N-dealkylation sites (N-methyl/N-ethyl adjacent to an activating group) is 1. The first kappa shape index (κ1) is 15.0. The molecule has 1 fully saturated rings. The van der Waals surface area contributed by atoms with Crippen LogP contribution in [0.2, 0.25) is 0 Å². The maximum Gasteiger partial charge on any atom is 0.0596 e. The van der Waals surface area contributed by atoms with Crippen molar-refractivity contribution in [1.29, 1.82) is 0 Å². The fraction of sp³-hybridized carbons (Fsp3) is 0.733. The van der Waals surface area contributed by atoms with E-state index in [1.54, 1.807) is 0 Å². The van der Waals surface area contributed by atoms with Crippen LogP contribution in [-0.4, -0.2) is 49.1 Å². The Hall–Kier alpha value is -0.420. The van der Waals surface area contributed by atoms with E-state index in [0.717, 1.165) is 13.0 Å². The Morgan fingerprint density at radius 2 is 2.26 bits per heavy atom. The molecule has 1 aromatic heterocycles. The number of hydrogen-bond donors (Lipinski definition) is 1. The molecule has 0 aromatic carbocycles. The molecule has 3 atom stereocenters. The Morgan fingerprint density at radius 3 is 2.74 bits per heavy atom. The molecule has 4 heteroatoms. The van der Waals surface area contributed by atoms with Crippen molar-refractivity contribution in [3.05, 3.63) is 21.9 Å². The van der Waals surface area contributed by atoms with Gasteiger partial charge in [0.25, 0.3) is 0 Å². The van der Waals surface area contributed by atoms with E-state index in [0.29, 0.717) is 12.1 Å². The van der Waals surface area contributed by atoms with Crippen LogP contribution in [0.15, 0.2) is 11.4 Å². The van der Waals surface area contributed by atoms with Crippen molar-refractivity contribution in [3.63, 3.8) is 0 Å². The van der Waals surface area contributed by atoms with E-state index >= 15 is 0 Å². The zero-order valence-corrected chi connectivity index (χ0v) is 13.4. The smallest absolute Gasteiger partial charge is 0.0596 e. The van der Waals surface area contributed by atoms with Gasteiger partial charge in [0.15, 0.2) is 0 Å². The zero-order chi connectivity index (χ0) is 14.0. The van der Waals surface area contributed by atoms with E-state index in [1.165, 1.54) is 23.4 Å². The van der Waals surface area contributed by atoms with Gasteiger partial charge in [-0.05, 0) is 50.9 Å². The third kappa shape index (κ3) is 3.19. The van der Waals surface area contributed by atoms with Crippen LogP contribution in [0.4, 0.5) is 0 Å². The van der Waals surface area contributed by atoms with E-state index in [2.05, 4.69) is 49.2 Å². The van der Waals surface area contributed by atoms with Crippen LogP contribution in [0.5, 0.6) is 0 Å². The number of thiophene rings is 1. The Morgan fingerprint density at radius 1 is 1.53 bits per heavy atom. The summed E-state index contributed by atoms with van der Waals surface area (Å²) in [7, 11) is 4.36. The molecule has 1 saturated heterocycles. The first-order valence-corrected chi connectivity index (χ1v) is 8.12. The topological polar surface area (TPSA) is 32.5 Å². The molecule has 0 aliphatic carbocycles. The fourth-order valence-corrected chi connectivity index (χ4v) is 4.12. The van der Waals surface area contributed by atoms with E-state index < -0.39 is 0 Å². The lowest BCUT2D eigenvalue weighted by atomic mass is 10.0. The number of nitrogens with zero attached hydrogens (tertiary/aromatic N) is 2. The summed E-state index contributed by atoms with van der Waals surface area (Å²) in [6.45, 7) is 6.71. The molecule has 1 aliphatic rings. The average molecular weight is 281 g/mol. The van der Waals surface area contributed by atoms with Gasteiger partial charge in [-0.25, -0.2) is 0 Å². The van der Waals surface area contributed by atoms with Crippen LogP contribution >= 0.6 is 11.3 Å². The van der Waals surface area contributed by atoms with Crippen LogP contribution in [0.3, 0.4) is 0 Å². The van der Waals surface area contributed by atoms with Crippen molar-refractivity contribution >= 4 is 11.3 Å². The average Bonchev–Trinajstić information content (AvgIpc) is 3.00. The highest BCUT2D eigenvalue weighted by Crippen LogP contribution is 2.34. The molecule has 2 rings (SSSR count). The van der Waals surface area contributed by atoms with Crippen molar-refractivity contribution in [1.82, 2.24) is 9.80 Å². The lowest BCUT2D eigenvalue weighted by molar-refractivity contribution is 0.192. The van der Waals surface area contributed by atoms with Crippen molar-refractivity contribution in [2.24, 2.45) is 5.73 Å². The Kier molecular flexibility index (Phi) is 5.01. The van der Waals surface area contributed by atoms with Crippen molar-refractivity contribution < 1.29 is 0 Å². The number of aryl methyl sites for hydroxylation is 1. The molecule has 2 heterocycles. The monoisotopic (exact) mass is 281 g/mol. The Labute approximate surface area is 121 Å². The van der Waals surface area contributed by atoms with E-state index in [-0.39, 0.29) is 6.04 Å². The predicted octanol–water partition coefficient (Wildman–Crippen LogP) is 2.47. The minimum absolute atomic E-state index is 0.235. The molecular formula is C15H27N3S. The molecule has 0 radical (unpaired) electrons. The highest BCUT2D eigenvalue weighted by molar-refractivity contribution is 7.10. The summed E-state index contributed by atoms with van der Waals surface area (Å²) >= 11 is 1.86. The number of likely N-dealkylation sites (tertiary alicyclic amines) is 1. The van der Waals surface area contributed by atoms with Gasteiger partial charge >= 0.3 is 0 Å². The highest BCUT2D eigenvalue weighted by Gasteiger charge is 2.34. The van der Waals surface area contributed by atoms with Gasteiger partial charge in [-0.1, -0.05) is 6.92 Å². The summed E-state index contributed by atoms with van der Waals surface area (Å²) in [6, 6.07) is 3.52. The molecule has 0 saturated carbocycles.